The standard InChI is InChI=1S/C11H10ClN3O/c12-7-1-2-8(9(13)5-7)11(16)10-6-14-3-4-15-10/h1-6,11,16H,13H2. The average Bonchev–Trinajstić information content (AvgIpc) is 2.29. The van der Waals surface area contributed by atoms with Crippen molar-refractivity contribution in [1.82, 2.24) is 9.97 Å². The van der Waals surface area contributed by atoms with Crippen LogP contribution in [0, 0.1) is 0 Å². The lowest BCUT2D eigenvalue weighted by Crippen LogP contribution is -2.05. The maximum absolute atomic E-state index is 10.0. The van der Waals surface area contributed by atoms with Gasteiger partial charge in [-0.1, -0.05) is 17.7 Å². The number of halogens is 1. The highest BCUT2D eigenvalue weighted by Gasteiger charge is 2.14. The Morgan fingerprint density at radius 3 is 2.75 bits per heavy atom. The first kappa shape index (κ1) is 10.9. The molecule has 1 aromatic heterocycles. The molecule has 0 radical (unpaired) electrons. The first-order chi connectivity index (χ1) is 7.68. The van der Waals surface area contributed by atoms with E-state index in [0.29, 0.717) is 22.0 Å². The predicted molar refractivity (Wildman–Crippen MR) is 62.0 cm³/mol. The molecule has 0 spiro atoms. The van der Waals surface area contributed by atoms with Gasteiger partial charge in [-0.05, 0) is 12.1 Å². The van der Waals surface area contributed by atoms with Gasteiger partial charge in [-0.2, -0.15) is 0 Å². The minimum Gasteiger partial charge on any atom is -0.398 e. The zero-order chi connectivity index (χ0) is 11.5. The van der Waals surface area contributed by atoms with Crippen molar-refractivity contribution in [2.24, 2.45) is 0 Å². The highest BCUT2D eigenvalue weighted by atomic mass is 35.5. The Kier molecular flexibility index (Phi) is 3.03. The smallest absolute Gasteiger partial charge is 0.124 e. The van der Waals surface area contributed by atoms with Crippen LogP contribution in [0.15, 0.2) is 36.8 Å². The summed E-state index contributed by atoms with van der Waals surface area (Å²) < 4.78 is 0. The van der Waals surface area contributed by atoms with Crippen molar-refractivity contribution < 1.29 is 5.11 Å². The SMILES string of the molecule is Nc1cc(Cl)ccc1C(O)c1cnccn1. The molecule has 5 heteroatoms. The molecule has 0 fully saturated rings. The molecule has 0 aliphatic heterocycles. The number of rotatable bonds is 2. The number of benzene rings is 1. The number of nitrogen functional groups attached to an aromatic ring is 1. The van der Waals surface area contributed by atoms with Gasteiger partial charge in [0.25, 0.3) is 0 Å². The molecule has 0 amide bonds. The number of aromatic nitrogens is 2. The van der Waals surface area contributed by atoms with E-state index in [-0.39, 0.29) is 0 Å². The van der Waals surface area contributed by atoms with Crippen LogP contribution in [0.25, 0.3) is 0 Å². The molecule has 0 aliphatic carbocycles. The van der Waals surface area contributed by atoms with E-state index in [2.05, 4.69) is 9.97 Å². The molecule has 82 valence electrons. The van der Waals surface area contributed by atoms with Crippen LogP contribution in [0.3, 0.4) is 0 Å². The second-order valence-corrected chi connectivity index (χ2v) is 3.74. The van der Waals surface area contributed by atoms with E-state index >= 15 is 0 Å². The van der Waals surface area contributed by atoms with E-state index in [1.54, 1.807) is 24.4 Å². The van der Waals surface area contributed by atoms with E-state index in [1.165, 1.54) is 12.4 Å². The highest BCUT2D eigenvalue weighted by Crippen LogP contribution is 2.27. The lowest BCUT2D eigenvalue weighted by molar-refractivity contribution is 0.215. The van der Waals surface area contributed by atoms with Gasteiger partial charge >= 0.3 is 0 Å². The maximum atomic E-state index is 10.0. The van der Waals surface area contributed by atoms with Gasteiger partial charge in [0.05, 0.1) is 11.9 Å². The molecular formula is C11H10ClN3O. The molecule has 4 nitrogen and oxygen atoms in total. The predicted octanol–water partition coefficient (Wildman–Crippen LogP) is 1.79. The van der Waals surface area contributed by atoms with Crippen molar-refractivity contribution in [1.29, 1.82) is 0 Å². The number of aliphatic hydroxyl groups is 1. The Balaban J connectivity index is 2.38. The van der Waals surface area contributed by atoms with Gasteiger partial charge in [-0.15, -0.1) is 0 Å². The molecule has 0 bridgehead atoms. The largest absolute Gasteiger partial charge is 0.398 e. The maximum Gasteiger partial charge on any atom is 0.124 e. The Bertz CT molecular complexity index is 490. The first-order valence-electron chi connectivity index (χ1n) is 4.67. The second-order valence-electron chi connectivity index (χ2n) is 3.31. The summed E-state index contributed by atoms with van der Waals surface area (Å²) in [5.74, 6) is 0. The Labute approximate surface area is 97.7 Å². The monoisotopic (exact) mass is 235 g/mol. The van der Waals surface area contributed by atoms with Crippen LogP contribution < -0.4 is 5.73 Å². The van der Waals surface area contributed by atoms with Crippen LogP contribution in [0.4, 0.5) is 5.69 Å². The van der Waals surface area contributed by atoms with E-state index in [1.807, 2.05) is 0 Å². The van der Waals surface area contributed by atoms with Crippen molar-refractivity contribution in [3.8, 4) is 0 Å². The molecule has 1 unspecified atom stereocenters. The Morgan fingerprint density at radius 2 is 2.12 bits per heavy atom. The van der Waals surface area contributed by atoms with Crippen LogP contribution in [-0.4, -0.2) is 15.1 Å². The summed E-state index contributed by atoms with van der Waals surface area (Å²) >= 11 is 5.78. The number of nitrogens with zero attached hydrogens (tertiary/aromatic N) is 2. The van der Waals surface area contributed by atoms with E-state index in [4.69, 9.17) is 17.3 Å². The van der Waals surface area contributed by atoms with Gasteiger partial charge in [-0.3, -0.25) is 9.97 Å². The third kappa shape index (κ3) is 2.13. The van der Waals surface area contributed by atoms with Crippen LogP contribution in [-0.2, 0) is 0 Å². The summed E-state index contributed by atoms with van der Waals surface area (Å²) in [4.78, 5) is 7.91. The third-order valence-electron chi connectivity index (χ3n) is 2.21. The fourth-order valence-corrected chi connectivity index (χ4v) is 1.59. The van der Waals surface area contributed by atoms with Crippen molar-refractivity contribution in [2.75, 3.05) is 5.73 Å². The number of anilines is 1. The molecule has 0 saturated carbocycles. The summed E-state index contributed by atoms with van der Waals surface area (Å²) in [6, 6.07) is 4.94. The fourth-order valence-electron chi connectivity index (χ4n) is 1.41. The van der Waals surface area contributed by atoms with Gasteiger partial charge in [0.1, 0.15) is 6.10 Å². The summed E-state index contributed by atoms with van der Waals surface area (Å²) in [6.45, 7) is 0. The van der Waals surface area contributed by atoms with Crippen LogP contribution in [0.1, 0.15) is 17.4 Å². The summed E-state index contributed by atoms with van der Waals surface area (Å²) in [5, 5.41) is 10.6. The van der Waals surface area contributed by atoms with E-state index in [0.717, 1.165) is 0 Å². The second kappa shape index (κ2) is 4.47. The molecule has 0 aliphatic rings. The van der Waals surface area contributed by atoms with Crippen molar-refractivity contribution >= 4 is 17.3 Å². The molecule has 2 rings (SSSR count). The molecular weight excluding hydrogens is 226 g/mol. The molecule has 16 heavy (non-hydrogen) atoms. The molecule has 1 aromatic carbocycles. The van der Waals surface area contributed by atoms with E-state index in [9.17, 15) is 5.11 Å². The highest BCUT2D eigenvalue weighted by molar-refractivity contribution is 6.30. The number of aliphatic hydroxyl groups excluding tert-OH is 1. The number of hydrogen-bond acceptors (Lipinski definition) is 4. The van der Waals surface area contributed by atoms with Gasteiger partial charge in [0.2, 0.25) is 0 Å². The van der Waals surface area contributed by atoms with Crippen LogP contribution in [0.2, 0.25) is 5.02 Å². The van der Waals surface area contributed by atoms with Gasteiger partial charge in [-0.25, -0.2) is 0 Å². The number of hydrogen-bond donors (Lipinski definition) is 2. The Hall–Kier alpha value is -1.65. The normalized spacial score (nSPS) is 12.4. The molecule has 3 N–H and O–H groups in total. The zero-order valence-electron chi connectivity index (χ0n) is 8.34. The molecule has 0 saturated heterocycles. The fraction of sp³-hybridized carbons (Fsp3) is 0.0909. The molecule has 1 heterocycles. The molecule has 1 atom stereocenters. The summed E-state index contributed by atoms with van der Waals surface area (Å²) in [6.07, 6.45) is 3.68. The van der Waals surface area contributed by atoms with Crippen molar-refractivity contribution in [2.45, 2.75) is 6.10 Å². The Morgan fingerprint density at radius 1 is 1.31 bits per heavy atom. The average molecular weight is 236 g/mol. The van der Waals surface area contributed by atoms with E-state index < -0.39 is 6.10 Å². The minimum absolute atomic E-state index is 0.436. The first-order valence-corrected chi connectivity index (χ1v) is 5.05. The van der Waals surface area contributed by atoms with Crippen LogP contribution in [0.5, 0.6) is 0 Å². The lowest BCUT2D eigenvalue weighted by Gasteiger charge is -2.12. The quantitative estimate of drug-likeness (QED) is 0.779. The van der Waals surface area contributed by atoms with Gasteiger partial charge < -0.3 is 10.8 Å². The molecule has 2 aromatic rings. The summed E-state index contributed by atoms with van der Waals surface area (Å²) in [5.41, 5.74) is 7.23. The lowest BCUT2D eigenvalue weighted by atomic mass is 10.1. The van der Waals surface area contributed by atoms with Crippen molar-refractivity contribution in [3.05, 3.63) is 53.1 Å². The zero-order valence-corrected chi connectivity index (χ0v) is 9.09. The minimum atomic E-state index is -0.883. The van der Waals surface area contributed by atoms with Crippen LogP contribution >= 0.6 is 11.6 Å². The summed E-state index contributed by atoms with van der Waals surface area (Å²) in [7, 11) is 0. The third-order valence-corrected chi connectivity index (χ3v) is 2.44. The van der Waals surface area contributed by atoms with Crippen molar-refractivity contribution in [3.63, 3.8) is 0 Å². The van der Waals surface area contributed by atoms with Gasteiger partial charge in [0.15, 0.2) is 0 Å². The topological polar surface area (TPSA) is 72.0 Å². The van der Waals surface area contributed by atoms with Gasteiger partial charge in [0, 0.05) is 28.7 Å². The number of nitrogens with two attached hydrogens (primary N) is 1.